The highest BCUT2D eigenvalue weighted by molar-refractivity contribution is 4.79. The molecule has 2 heterocycles. The molecule has 0 unspecified atom stereocenters. The van der Waals surface area contributed by atoms with Crippen molar-refractivity contribution in [1.29, 1.82) is 0 Å². The lowest BCUT2D eigenvalue weighted by atomic mass is 9.95. The third-order valence-electron chi connectivity index (χ3n) is 5.25. The van der Waals surface area contributed by atoms with Gasteiger partial charge in [-0.25, -0.2) is 0 Å². The Kier molecular flexibility index (Phi) is 6.31. The molecule has 0 saturated carbocycles. The molecule has 2 rings (SSSR count). The summed E-state index contributed by atoms with van der Waals surface area (Å²) in [7, 11) is 0. The third kappa shape index (κ3) is 4.71. The van der Waals surface area contributed by atoms with Gasteiger partial charge in [0.1, 0.15) is 0 Å². The van der Waals surface area contributed by atoms with Crippen LogP contribution < -0.4 is 0 Å². The summed E-state index contributed by atoms with van der Waals surface area (Å²) in [5, 5.41) is 0. The number of hydrogen-bond donors (Lipinski definition) is 0. The van der Waals surface area contributed by atoms with Crippen LogP contribution in [0, 0.1) is 5.92 Å². The molecule has 0 radical (unpaired) electrons. The van der Waals surface area contributed by atoms with Crippen LogP contribution in [0.4, 0.5) is 0 Å². The average Bonchev–Trinajstić information content (AvgIpc) is 2.65. The van der Waals surface area contributed by atoms with Crippen molar-refractivity contribution < 1.29 is 0 Å². The van der Waals surface area contributed by atoms with E-state index in [2.05, 4.69) is 42.4 Å². The maximum atomic E-state index is 2.73. The van der Waals surface area contributed by atoms with Gasteiger partial charge in [-0.2, -0.15) is 0 Å². The highest BCUT2D eigenvalue weighted by atomic mass is 15.2. The van der Waals surface area contributed by atoms with Crippen molar-refractivity contribution in [2.24, 2.45) is 5.92 Å². The summed E-state index contributed by atoms with van der Waals surface area (Å²) in [4.78, 5) is 8.01. The summed E-state index contributed by atoms with van der Waals surface area (Å²) in [6.45, 7) is 18.4. The van der Waals surface area contributed by atoms with Crippen molar-refractivity contribution in [3.63, 3.8) is 0 Å². The smallest absolute Gasteiger partial charge is 0.0112 e. The van der Waals surface area contributed by atoms with Crippen molar-refractivity contribution in [2.75, 3.05) is 45.8 Å². The third-order valence-corrected chi connectivity index (χ3v) is 5.25. The molecule has 0 aromatic heterocycles. The highest BCUT2D eigenvalue weighted by Gasteiger charge is 2.24. The van der Waals surface area contributed by atoms with Crippen LogP contribution in [0.5, 0.6) is 0 Å². The standard InChI is InChI=1S/C17H35N3/c1-15(2)19-9-5-8-18(12-13-19)14-17-6-10-20(11-7-17)16(3)4/h15-17H,5-14H2,1-4H3. The van der Waals surface area contributed by atoms with Gasteiger partial charge in [0.25, 0.3) is 0 Å². The lowest BCUT2D eigenvalue weighted by molar-refractivity contribution is 0.121. The first kappa shape index (κ1) is 16.3. The van der Waals surface area contributed by atoms with Gasteiger partial charge in [0.2, 0.25) is 0 Å². The zero-order valence-electron chi connectivity index (χ0n) is 14.1. The normalized spacial score (nSPS) is 25.5. The molecule has 2 saturated heterocycles. The molecule has 118 valence electrons. The predicted molar refractivity (Wildman–Crippen MR) is 87.2 cm³/mol. The maximum Gasteiger partial charge on any atom is 0.0112 e. The average molecular weight is 281 g/mol. The molecular weight excluding hydrogens is 246 g/mol. The Bertz CT molecular complexity index is 269. The number of hydrogen-bond acceptors (Lipinski definition) is 3. The zero-order chi connectivity index (χ0) is 14.5. The van der Waals surface area contributed by atoms with Gasteiger partial charge in [-0.1, -0.05) is 0 Å². The van der Waals surface area contributed by atoms with Crippen LogP contribution in [0.1, 0.15) is 47.0 Å². The van der Waals surface area contributed by atoms with E-state index >= 15 is 0 Å². The quantitative estimate of drug-likeness (QED) is 0.784. The van der Waals surface area contributed by atoms with E-state index < -0.39 is 0 Å². The van der Waals surface area contributed by atoms with E-state index in [9.17, 15) is 0 Å². The summed E-state index contributed by atoms with van der Waals surface area (Å²) in [5.41, 5.74) is 0. The molecule has 0 aliphatic carbocycles. The second kappa shape index (κ2) is 7.77. The van der Waals surface area contributed by atoms with Gasteiger partial charge < -0.3 is 9.80 Å². The van der Waals surface area contributed by atoms with Crippen LogP contribution in [-0.4, -0.2) is 72.6 Å². The van der Waals surface area contributed by atoms with Gasteiger partial charge in [0.05, 0.1) is 0 Å². The van der Waals surface area contributed by atoms with Crippen molar-refractivity contribution in [3.8, 4) is 0 Å². The lowest BCUT2D eigenvalue weighted by Gasteiger charge is -2.36. The summed E-state index contributed by atoms with van der Waals surface area (Å²) in [6.07, 6.45) is 4.16. The van der Waals surface area contributed by atoms with Gasteiger partial charge in [-0.3, -0.25) is 4.90 Å². The fourth-order valence-electron chi connectivity index (χ4n) is 3.71. The molecule has 2 fully saturated rings. The van der Waals surface area contributed by atoms with Gasteiger partial charge in [-0.15, -0.1) is 0 Å². The second-order valence-electron chi connectivity index (χ2n) is 7.36. The van der Waals surface area contributed by atoms with Crippen molar-refractivity contribution in [1.82, 2.24) is 14.7 Å². The molecule has 0 spiro atoms. The van der Waals surface area contributed by atoms with Gasteiger partial charge >= 0.3 is 0 Å². The van der Waals surface area contributed by atoms with E-state index in [-0.39, 0.29) is 0 Å². The summed E-state index contributed by atoms with van der Waals surface area (Å²) in [5.74, 6) is 0.940. The number of nitrogens with zero attached hydrogens (tertiary/aromatic N) is 3. The summed E-state index contributed by atoms with van der Waals surface area (Å²) < 4.78 is 0. The fraction of sp³-hybridized carbons (Fsp3) is 1.00. The molecule has 0 amide bonds. The van der Waals surface area contributed by atoms with E-state index in [1.54, 1.807) is 0 Å². The van der Waals surface area contributed by atoms with E-state index in [1.165, 1.54) is 65.1 Å². The molecule has 2 aliphatic rings. The first-order chi connectivity index (χ1) is 9.56. The predicted octanol–water partition coefficient (Wildman–Crippen LogP) is 2.52. The Hall–Kier alpha value is -0.120. The molecule has 0 N–H and O–H groups in total. The summed E-state index contributed by atoms with van der Waals surface area (Å²) >= 11 is 0. The molecule has 3 heteroatoms. The van der Waals surface area contributed by atoms with Gasteiger partial charge in [0.15, 0.2) is 0 Å². The number of rotatable bonds is 4. The minimum absolute atomic E-state index is 0.712. The molecule has 0 atom stereocenters. The van der Waals surface area contributed by atoms with Crippen LogP contribution >= 0.6 is 0 Å². The van der Waals surface area contributed by atoms with Crippen LogP contribution in [0.2, 0.25) is 0 Å². The van der Waals surface area contributed by atoms with Crippen molar-refractivity contribution >= 4 is 0 Å². The second-order valence-corrected chi connectivity index (χ2v) is 7.36. The fourth-order valence-corrected chi connectivity index (χ4v) is 3.71. The summed E-state index contributed by atoms with van der Waals surface area (Å²) in [6, 6.07) is 1.44. The molecule has 0 bridgehead atoms. The Balaban J connectivity index is 1.72. The monoisotopic (exact) mass is 281 g/mol. The van der Waals surface area contributed by atoms with Gasteiger partial charge in [0, 0.05) is 31.7 Å². The van der Waals surface area contributed by atoms with Gasteiger partial charge in [-0.05, 0) is 79.1 Å². The topological polar surface area (TPSA) is 9.72 Å². The highest BCUT2D eigenvalue weighted by Crippen LogP contribution is 2.20. The number of piperidine rings is 1. The van der Waals surface area contributed by atoms with E-state index in [1.807, 2.05) is 0 Å². The van der Waals surface area contributed by atoms with E-state index in [4.69, 9.17) is 0 Å². The first-order valence-corrected chi connectivity index (χ1v) is 8.76. The largest absolute Gasteiger partial charge is 0.302 e. The van der Waals surface area contributed by atoms with Crippen LogP contribution in [0.15, 0.2) is 0 Å². The lowest BCUT2D eigenvalue weighted by Crippen LogP contribution is -2.42. The molecule has 3 nitrogen and oxygen atoms in total. The van der Waals surface area contributed by atoms with Crippen LogP contribution in [0.25, 0.3) is 0 Å². The molecule has 0 aromatic carbocycles. The Labute approximate surface area is 126 Å². The Morgan fingerprint density at radius 2 is 1.35 bits per heavy atom. The SMILES string of the molecule is CC(C)N1CCC(CN2CCCN(C(C)C)CC2)CC1. The Morgan fingerprint density at radius 1 is 0.750 bits per heavy atom. The maximum absolute atomic E-state index is 2.73. The number of likely N-dealkylation sites (tertiary alicyclic amines) is 1. The molecule has 20 heavy (non-hydrogen) atoms. The van der Waals surface area contributed by atoms with E-state index in [0.717, 1.165) is 12.0 Å². The minimum atomic E-state index is 0.712. The minimum Gasteiger partial charge on any atom is -0.302 e. The van der Waals surface area contributed by atoms with Crippen LogP contribution in [0.3, 0.4) is 0 Å². The first-order valence-electron chi connectivity index (χ1n) is 8.76. The Morgan fingerprint density at radius 3 is 1.95 bits per heavy atom. The molecule has 0 aromatic rings. The van der Waals surface area contributed by atoms with E-state index in [0.29, 0.717) is 6.04 Å². The molecular formula is C17H35N3. The zero-order valence-corrected chi connectivity index (χ0v) is 14.1. The molecule has 2 aliphatic heterocycles. The van der Waals surface area contributed by atoms with Crippen molar-refractivity contribution in [3.05, 3.63) is 0 Å². The van der Waals surface area contributed by atoms with Crippen LogP contribution in [-0.2, 0) is 0 Å². The van der Waals surface area contributed by atoms with Crippen molar-refractivity contribution in [2.45, 2.75) is 59.0 Å².